The maximum atomic E-state index is 2.47. The van der Waals surface area contributed by atoms with Gasteiger partial charge in [0.15, 0.2) is 0 Å². The predicted octanol–water partition coefficient (Wildman–Crippen LogP) is 14.0. The first-order valence-electron chi connectivity index (χ1n) is 19.3. The van der Waals surface area contributed by atoms with E-state index in [1.54, 1.807) is 0 Å². The van der Waals surface area contributed by atoms with Crippen LogP contribution in [0.1, 0.15) is 33.7 Å². The summed E-state index contributed by atoms with van der Waals surface area (Å²) in [6, 6.07) is 72.3. The molecule has 2 aliphatic rings. The quantitative estimate of drug-likeness (QED) is 0.173. The van der Waals surface area contributed by atoms with Crippen LogP contribution in [0.15, 0.2) is 194 Å². The Bertz CT molecular complexity index is 3180. The van der Waals surface area contributed by atoms with Crippen molar-refractivity contribution in [3.63, 3.8) is 0 Å². The standard InChI is InChI=1S/C54H35N/c1-2-12-34(13-3-1)54-46-19-7-6-17-44(46)49-31-35(24-28-47(49)54)36-26-29-53-50(32-36)45-18-8-9-22-52(45)55(53)51-23-10-15-37-30-39(25-27-42(37)51)41-20-11-21-43-40-16-5-4-14-38(40)33-48(41)43/h1-32,54H,33H2. The Morgan fingerprint density at radius 2 is 1.07 bits per heavy atom. The normalized spacial score (nSPS) is 13.9. The number of hydrogen-bond acceptors (Lipinski definition) is 0. The van der Waals surface area contributed by atoms with Gasteiger partial charge in [0.05, 0.1) is 16.7 Å². The number of para-hydroxylation sites is 1. The van der Waals surface area contributed by atoms with Crippen LogP contribution in [0.25, 0.3) is 82.8 Å². The van der Waals surface area contributed by atoms with E-state index in [9.17, 15) is 0 Å². The molecule has 2 aliphatic carbocycles. The first-order chi connectivity index (χ1) is 27.3. The number of rotatable bonds is 4. The number of fused-ring (bicyclic) bond motifs is 10. The fourth-order valence-corrected chi connectivity index (χ4v) is 9.86. The molecule has 0 amide bonds. The zero-order valence-electron chi connectivity index (χ0n) is 30.2. The molecule has 1 aromatic heterocycles. The van der Waals surface area contributed by atoms with Gasteiger partial charge >= 0.3 is 0 Å². The maximum absolute atomic E-state index is 2.47. The van der Waals surface area contributed by atoms with Gasteiger partial charge in [-0.25, -0.2) is 0 Å². The Hall–Kier alpha value is -6.96. The van der Waals surface area contributed by atoms with E-state index in [1.165, 1.54) is 111 Å². The topological polar surface area (TPSA) is 4.93 Å². The third-order valence-corrected chi connectivity index (χ3v) is 12.3. The summed E-state index contributed by atoms with van der Waals surface area (Å²) < 4.78 is 2.47. The lowest BCUT2D eigenvalue weighted by atomic mass is 9.89. The van der Waals surface area contributed by atoms with Gasteiger partial charge in [-0.15, -0.1) is 0 Å². The van der Waals surface area contributed by atoms with E-state index in [-0.39, 0.29) is 5.92 Å². The van der Waals surface area contributed by atoms with Crippen molar-refractivity contribution < 1.29 is 0 Å². The van der Waals surface area contributed by atoms with Crippen LogP contribution in [-0.4, -0.2) is 4.57 Å². The van der Waals surface area contributed by atoms with Crippen molar-refractivity contribution in [3.8, 4) is 50.2 Å². The third-order valence-electron chi connectivity index (χ3n) is 12.3. The molecule has 12 rings (SSSR count). The van der Waals surface area contributed by atoms with Crippen LogP contribution in [-0.2, 0) is 6.42 Å². The molecule has 1 heterocycles. The highest BCUT2D eigenvalue weighted by molar-refractivity contribution is 6.12. The number of nitrogens with zero attached hydrogens (tertiary/aromatic N) is 1. The smallest absolute Gasteiger partial charge is 0.0541 e. The number of hydrogen-bond donors (Lipinski definition) is 0. The second kappa shape index (κ2) is 11.8. The molecule has 1 heteroatoms. The second-order valence-corrected chi connectivity index (χ2v) is 15.2. The Kier molecular flexibility index (Phi) is 6.53. The van der Waals surface area contributed by atoms with E-state index in [1.807, 2.05) is 0 Å². The summed E-state index contributed by atoms with van der Waals surface area (Å²) in [5.41, 5.74) is 21.1. The van der Waals surface area contributed by atoms with Crippen LogP contribution >= 0.6 is 0 Å². The van der Waals surface area contributed by atoms with Gasteiger partial charge < -0.3 is 4.57 Å². The van der Waals surface area contributed by atoms with E-state index in [2.05, 4.69) is 199 Å². The molecule has 256 valence electrons. The molecule has 10 aromatic rings. The molecule has 0 N–H and O–H groups in total. The average molecular weight is 698 g/mol. The van der Waals surface area contributed by atoms with Crippen LogP contribution in [0.4, 0.5) is 0 Å². The van der Waals surface area contributed by atoms with E-state index < -0.39 is 0 Å². The molecule has 1 nitrogen and oxygen atoms in total. The van der Waals surface area contributed by atoms with Crippen LogP contribution in [0.2, 0.25) is 0 Å². The van der Waals surface area contributed by atoms with Gasteiger partial charge in [0.1, 0.15) is 0 Å². The molecule has 55 heavy (non-hydrogen) atoms. The minimum Gasteiger partial charge on any atom is -0.309 e. The van der Waals surface area contributed by atoms with Crippen LogP contribution in [0.3, 0.4) is 0 Å². The van der Waals surface area contributed by atoms with E-state index >= 15 is 0 Å². The van der Waals surface area contributed by atoms with Crippen molar-refractivity contribution in [2.45, 2.75) is 12.3 Å². The molecule has 0 radical (unpaired) electrons. The zero-order valence-corrected chi connectivity index (χ0v) is 30.2. The van der Waals surface area contributed by atoms with Crippen LogP contribution < -0.4 is 0 Å². The Morgan fingerprint density at radius 1 is 0.382 bits per heavy atom. The Morgan fingerprint density at radius 3 is 2.02 bits per heavy atom. The number of benzene rings is 9. The monoisotopic (exact) mass is 697 g/mol. The van der Waals surface area contributed by atoms with Gasteiger partial charge in [0, 0.05) is 22.1 Å². The van der Waals surface area contributed by atoms with Gasteiger partial charge in [0.2, 0.25) is 0 Å². The summed E-state index contributed by atoms with van der Waals surface area (Å²) in [5.74, 6) is 0.254. The van der Waals surface area contributed by atoms with Crippen molar-refractivity contribution in [2.75, 3.05) is 0 Å². The number of aromatic nitrogens is 1. The summed E-state index contributed by atoms with van der Waals surface area (Å²) in [6.45, 7) is 0. The molecule has 0 saturated heterocycles. The van der Waals surface area contributed by atoms with Crippen LogP contribution in [0, 0.1) is 0 Å². The zero-order chi connectivity index (χ0) is 36.0. The largest absolute Gasteiger partial charge is 0.309 e. The summed E-state index contributed by atoms with van der Waals surface area (Å²) >= 11 is 0. The van der Waals surface area contributed by atoms with Crippen molar-refractivity contribution in [1.82, 2.24) is 4.57 Å². The molecule has 0 saturated carbocycles. The molecule has 0 spiro atoms. The fourth-order valence-electron chi connectivity index (χ4n) is 9.86. The summed E-state index contributed by atoms with van der Waals surface area (Å²) in [5, 5.41) is 5.03. The summed E-state index contributed by atoms with van der Waals surface area (Å²) in [7, 11) is 0. The Balaban J connectivity index is 0.977. The average Bonchev–Trinajstić information content (AvgIpc) is 3.91. The molecule has 0 fully saturated rings. The van der Waals surface area contributed by atoms with Gasteiger partial charge in [-0.05, 0) is 121 Å². The lowest BCUT2D eigenvalue weighted by Gasteiger charge is -2.15. The van der Waals surface area contributed by atoms with Gasteiger partial charge in [-0.1, -0.05) is 158 Å². The van der Waals surface area contributed by atoms with Gasteiger partial charge in [-0.3, -0.25) is 0 Å². The van der Waals surface area contributed by atoms with Crippen molar-refractivity contribution >= 4 is 32.6 Å². The molecule has 9 aromatic carbocycles. The SMILES string of the molecule is c1ccc(C2c3ccccc3-c3cc(-c4ccc5c(c4)c4ccccc4n5-c4cccc5cc(-c6cccc7c6Cc6ccccc6-7)ccc45)ccc32)cc1. The third kappa shape index (κ3) is 4.54. The molecular weight excluding hydrogens is 663 g/mol. The van der Waals surface area contributed by atoms with Gasteiger partial charge in [0.25, 0.3) is 0 Å². The molecular formula is C54H35N. The van der Waals surface area contributed by atoms with Crippen molar-refractivity contribution in [3.05, 3.63) is 222 Å². The van der Waals surface area contributed by atoms with E-state index in [4.69, 9.17) is 0 Å². The summed E-state index contributed by atoms with van der Waals surface area (Å²) in [4.78, 5) is 0. The highest BCUT2D eigenvalue weighted by Gasteiger charge is 2.30. The molecule has 1 unspecified atom stereocenters. The molecule has 1 atom stereocenters. The first kappa shape index (κ1) is 30.5. The predicted molar refractivity (Wildman–Crippen MR) is 230 cm³/mol. The Labute approximate surface area is 320 Å². The molecule has 0 aliphatic heterocycles. The maximum Gasteiger partial charge on any atom is 0.0541 e. The van der Waals surface area contributed by atoms with Crippen molar-refractivity contribution in [1.29, 1.82) is 0 Å². The minimum atomic E-state index is 0.254. The minimum absolute atomic E-state index is 0.254. The molecule has 0 bridgehead atoms. The fraction of sp³-hybridized carbons (Fsp3) is 0.0370. The van der Waals surface area contributed by atoms with E-state index in [0.717, 1.165) is 6.42 Å². The first-order valence-corrected chi connectivity index (χ1v) is 19.3. The lowest BCUT2D eigenvalue weighted by Crippen LogP contribution is -1.98. The second-order valence-electron chi connectivity index (χ2n) is 15.2. The highest BCUT2D eigenvalue weighted by Crippen LogP contribution is 2.49. The summed E-state index contributed by atoms with van der Waals surface area (Å²) in [6.07, 6.45) is 0.982. The lowest BCUT2D eigenvalue weighted by molar-refractivity contribution is 1.02. The highest BCUT2D eigenvalue weighted by atomic mass is 15.0. The van der Waals surface area contributed by atoms with Crippen LogP contribution in [0.5, 0.6) is 0 Å². The van der Waals surface area contributed by atoms with Crippen molar-refractivity contribution in [2.24, 2.45) is 0 Å². The van der Waals surface area contributed by atoms with Gasteiger partial charge in [-0.2, -0.15) is 0 Å². The van der Waals surface area contributed by atoms with E-state index in [0.29, 0.717) is 0 Å².